The van der Waals surface area contributed by atoms with E-state index in [0.29, 0.717) is 5.04 Å². The molecule has 2 heteroatoms. The van der Waals surface area contributed by atoms with E-state index in [4.69, 9.17) is 11.6 Å². The molecule has 0 heterocycles. The van der Waals surface area contributed by atoms with Crippen molar-refractivity contribution in [3.05, 3.63) is 11.2 Å². The molecule has 0 aromatic heterocycles. The lowest BCUT2D eigenvalue weighted by Gasteiger charge is -2.26. The highest BCUT2D eigenvalue weighted by Gasteiger charge is 2.22. The number of rotatable bonds is 4. The van der Waals surface area contributed by atoms with Crippen molar-refractivity contribution in [3.8, 4) is 0 Å². The topological polar surface area (TPSA) is 0 Å². The van der Waals surface area contributed by atoms with E-state index in [0.717, 1.165) is 0 Å². The van der Waals surface area contributed by atoms with Crippen molar-refractivity contribution in [1.29, 1.82) is 0 Å². The van der Waals surface area contributed by atoms with Crippen molar-refractivity contribution < 1.29 is 0 Å². The van der Waals surface area contributed by atoms with Crippen LogP contribution in [-0.2, 0) is 0 Å². The molecule has 0 aromatic carbocycles. The third kappa shape index (κ3) is 4.99. The Morgan fingerprint density at radius 1 is 1.33 bits per heavy atom. The second kappa shape index (κ2) is 5.82. The zero-order chi connectivity index (χ0) is 9.61. The highest BCUT2D eigenvalue weighted by Crippen LogP contribution is 2.31. The van der Waals surface area contributed by atoms with Gasteiger partial charge in [-0.25, -0.2) is 0 Å². The Morgan fingerprint density at radius 3 is 2.25 bits per heavy atom. The van der Waals surface area contributed by atoms with E-state index in [2.05, 4.69) is 33.4 Å². The first-order valence-electron chi connectivity index (χ1n) is 4.79. The summed E-state index contributed by atoms with van der Waals surface area (Å²) in [6.07, 6.45) is 2.66. The monoisotopic (exact) mass is 204 g/mol. The Morgan fingerprint density at radius 2 is 1.92 bits per heavy atom. The maximum Gasteiger partial charge on any atom is 0.0679 e. The van der Waals surface area contributed by atoms with Crippen molar-refractivity contribution in [2.24, 2.45) is 0 Å². The molecule has 0 aliphatic heterocycles. The van der Waals surface area contributed by atoms with Crippen LogP contribution in [0.5, 0.6) is 0 Å². The normalized spacial score (nSPS) is 15.4. The number of halogens is 1. The van der Waals surface area contributed by atoms with Gasteiger partial charge in [0.05, 0.1) is 8.80 Å². The van der Waals surface area contributed by atoms with Gasteiger partial charge in [-0.05, 0) is 10.6 Å². The fourth-order valence-electron chi connectivity index (χ4n) is 1.33. The minimum atomic E-state index is -0.752. The van der Waals surface area contributed by atoms with Crippen LogP contribution >= 0.6 is 11.6 Å². The SMILES string of the molecule is CCCC[SiH](C=CCl)C(C)(C)C. The fraction of sp³-hybridized carbons (Fsp3) is 0.800. The maximum atomic E-state index is 5.64. The van der Waals surface area contributed by atoms with Crippen molar-refractivity contribution in [2.75, 3.05) is 0 Å². The van der Waals surface area contributed by atoms with Crippen LogP contribution in [0, 0.1) is 0 Å². The number of hydrogen-bond donors (Lipinski definition) is 0. The van der Waals surface area contributed by atoms with Crippen molar-refractivity contribution in [3.63, 3.8) is 0 Å². The largest absolute Gasteiger partial charge is 0.0937 e. The Labute approximate surface area is 83.6 Å². The lowest BCUT2D eigenvalue weighted by atomic mass is 10.2. The minimum Gasteiger partial charge on any atom is -0.0937 e. The quantitative estimate of drug-likeness (QED) is 0.605. The smallest absolute Gasteiger partial charge is 0.0679 e. The van der Waals surface area contributed by atoms with Gasteiger partial charge < -0.3 is 0 Å². The molecule has 0 rings (SSSR count). The van der Waals surface area contributed by atoms with Crippen LogP contribution in [0.25, 0.3) is 0 Å². The molecule has 0 saturated carbocycles. The lowest BCUT2D eigenvalue weighted by molar-refractivity contribution is 0.726. The highest BCUT2D eigenvalue weighted by atomic mass is 35.5. The van der Waals surface area contributed by atoms with E-state index < -0.39 is 8.80 Å². The third-order valence-electron chi connectivity index (χ3n) is 2.29. The van der Waals surface area contributed by atoms with Crippen LogP contribution in [0.3, 0.4) is 0 Å². The van der Waals surface area contributed by atoms with Crippen LogP contribution in [0.1, 0.15) is 40.5 Å². The van der Waals surface area contributed by atoms with Gasteiger partial charge >= 0.3 is 0 Å². The first-order valence-corrected chi connectivity index (χ1v) is 7.29. The average molecular weight is 205 g/mol. The van der Waals surface area contributed by atoms with Gasteiger partial charge in [-0.15, -0.1) is 0 Å². The number of hydrogen-bond acceptors (Lipinski definition) is 0. The molecular formula is C10H21ClSi. The minimum absolute atomic E-state index is 0.487. The molecule has 0 fully saturated rings. The van der Waals surface area contributed by atoms with Crippen LogP contribution in [0.4, 0.5) is 0 Å². The summed E-state index contributed by atoms with van der Waals surface area (Å²) in [6, 6.07) is 1.39. The molecule has 0 bridgehead atoms. The van der Waals surface area contributed by atoms with Crippen molar-refractivity contribution in [1.82, 2.24) is 0 Å². The molecule has 1 atom stereocenters. The summed E-state index contributed by atoms with van der Waals surface area (Å²) < 4.78 is 0. The first kappa shape index (κ1) is 12.2. The van der Waals surface area contributed by atoms with Crippen molar-refractivity contribution in [2.45, 2.75) is 51.6 Å². The molecule has 0 aliphatic rings. The summed E-state index contributed by atoms with van der Waals surface area (Å²) >= 11 is 5.64. The Bertz CT molecular complexity index is 135. The van der Waals surface area contributed by atoms with Crippen LogP contribution in [0.15, 0.2) is 11.2 Å². The second-order valence-electron chi connectivity index (χ2n) is 4.43. The van der Waals surface area contributed by atoms with Gasteiger partial charge in [0.1, 0.15) is 0 Å². The maximum absolute atomic E-state index is 5.64. The summed E-state index contributed by atoms with van der Waals surface area (Å²) in [6.45, 7) is 9.24. The molecule has 0 N–H and O–H groups in total. The first-order chi connectivity index (χ1) is 5.52. The molecule has 0 radical (unpaired) electrons. The molecule has 12 heavy (non-hydrogen) atoms. The second-order valence-corrected chi connectivity index (χ2v) is 8.59. The molecule has 1 unspecified atom stereocenters. The molecule has 0 aromatic rings. The van der Waals surface area contributed by atoms with Crippen molar-refractivity contribution >= 4 is 20.4 Å². The Kier molecular flexibility index (Phi) is 5.94. The summed E-state index contributed by atoms with van der Waals surface area (Å²) in [4.78, 5) is 0. The summed E-state index contributed by atoms with van der Waals surface area (Å²) in [5.74, 6) is 0. The molecule has 72 valence electrons. The summed E-state index contributed by atoms with van der Waals surface area (Å²) in [5, 5.41) is 0.487. The third-order valence-corrected chi connectivity index (χ3v) is 6.59. The van der Waals surface area contributed by atoms with Gasteiger partial charge in [0.25, 0.3) is 0 Å². The van der Waals surface area contributed by atoms with E-state index in [1.54, 1.807) is 5.54 Å². The zero-order valence-electron chi connectivity index (χ0n) is 8.73. The highest BCUT2D eigenvalue weighted by molar-refractivity contribution is 6.68. The summed E-state index contributed by atoms with van der Waals surface area (Å²) in [5.41, 5.74) is 3.98. The zero-order valence-corrected chi connectivity index (χ0v) is 10.6. The van der Waals surface area contributed by atoms with Gasteiger partial charge in [0, 0.05) is 0 Å². The van der Waals surface area contributed by atoms with E-state index in [-0.39, 0.29) is 0 Å². The molecule has 0 nitrogen and oxygen atoms in total. The molecule has 0 aliphatic carbocycles. The van der Waals surface area contributed by atoms with E-state index >= 15 is 0 Å². The predicted molar refractivity (Wildman–Crippen MR) is 61.6 cm³/mol. The van der Waals surface area contributed by atoms with Gasteiger partial charge in [-0.2, -0.15) is 0 Å². The lowest BCUT2D eigenvalue weighted by Crippen LogP contribution is -2.22. The Balaban J connectivity index is 4.04. The molecule has 0 spiro atoms. The van der Waals surface area contributed by atoms with Gasteiger partial charge in [-0.3, -0.25) is 0 Å². The predicted octanol–water partition coefficient (Wildman–Crippen LogP) is 4.11. The average Bonchev–Trinajstić information content (AvgIpc) is 1.95. The van der Waals surface area contributed by atoms with E-state index in [1.165, 1.54) is 18.9 Å². The van der Waals surface area contributed by atoms with Crippen LogP contribution in [-0.4, -0.2) is 8.80 Å². The van der Waals surface area contributed by atoms with E-state index in [9.17, 15) is 0 Å². The molecule has 0 amide bonds. The fourth-order valence-corrected chi connectivity index (χ4v) is 4.52. The van der Waals surface area contributed by atoms with E-state index in [1.807, 2.05) is 0 Å². The molecule has 0 saturated heterocycles. The summed E-state index contributed by atoms with van der Waals surface area (Å²) in [7, 11) is -0.752. The van der Waals surface area contributed by atoms with Crippen LogP contribution in [0.2, 0.25) is 11.1 Å². The standard InChI is InChI=1S/C10H21ClSi/c1-5-6-8-12(9-7-11)10(2,3)4/h7,9,12H,5-6,8H2,1-4H3. The van der Waals surface area contributed by atoms with Gasteiger partial charge in [0.2, 0.25) is 0 Å². The Hall–Kier alpha value is 0.247. The van der Waals surface area contributed by atoms with Gasteiger partial charge in [-0.1, -0.05) is 63.9 Å². The van der Waals surface area contributed by atoms with Crippen LogP contribution < -0.4 is 0 Å². The molecular weight excluding hydrogens is 184 g/mol. The van der Waals surface area contributed by atoms with Gasteiger partial charge in [0.15, 0.2) is 0 Å². The number of unbranched alkanes of at least 4 members (excludes halogenated alkanes) is 1.